The highest BCUT2D eigenvalue weighted by Crippen LogP contribution is 2.27. The summed E-state index contributed by atoms with van der Waals surface area (Å²) < 4.78 is 4.89. The van der Waals surface area contributed by atoms with Crippen molar-refractivity contribution in [3.05, 3.63) is 17.5 Å². The molecule has 2 rings (SSSR count). The molecule has 0 aromatic carbocycles. The van der Waals surface area contributed by atoms with Crippen LogP contribution in [0, 0.1) is 12.8 Å². The van der Waals surface area contributed by atoms with Gasteiger partial charge in [0.1, 0.15) is 12.0 Å². The molecule has 1 aliphatic heterocycles. The van der Waals surface area contributed by atoms with E-state index in [1.165, 1.54) is 0 Å². The Morgan fingerprint density at radius 1 is 1.69 bits per heavy atom. The highest BCUT2D eigenvalue weighted by atomic mass is 16.5. The molecule has 0 radical (unpaired) electrons. The lowest BCUT2D eigenvalue weighted by molar-refractivity contribution is -0.0633. The van der Waals surface area contributed by atoms with Crippen molar-refractivity contribution in [3.8, 4) is 0 Å². The fourth-order valence-corrected chi connectivity index (χ4v) is 1.70. The second-order valence-electron chi connectivity index (χ2n) is 3.77. The number of nitrogens with zero attached hydrogens (tertiary/aromatic N) is 2. The van der Waals surface area contributed by atoms with Crippen LogP contribution in [0.4, 0.5) is 0 Å². The molecule has 1 aromatic heterocycles. The molecule has 0 spiro atoms. The quantitative estimate of drug-likeness (QED) is 0.739. The van der Waals surface area contributed by atoms with Crippen molar-refractivity contribution in [1.82, 2.24) is 10.1 Å². The zero-order valence-corrected chi connectivity index (χ0v) is 7.90. The fourth-order valence-electron chi connectivity index (χ4n) is 1.70. The van der Waals surface area contributed by atoms with Gasteiger partial charge in [0.2, 0.25) is 0 Å². The van der Waals surface area contributed by atoms with Crippen LogP contribution in [-0.2, 0) is 0 Å². The maximum atomic E-state index is 9.85. The summed E-state index contributed by atoms with van der Waals surface area (Å²) in [4.78, 5) is 2.00. The minimum atomic E-state index is -0.539. The predicted octanol–water partition coefficient (Wildman–Crippen LogP) is 0.926. The van der Waals surface area contributed by atoms with Crippen molar-refractivity contribution in [2.75, 3.05) is 13.1 Å². The first-order chi connectivity index (χ1) is 6.18. The normalized spacial score (nSPS) is 21.5. The third kappa shape index (κ3) is 1.47. The van der Waals surface area contributed by atoms with Gasteiger partial charge in [0, 0.05) is 13.1 Å². The van der Waals surface area contributed by atoms with Gasteiger partial charge in [-0.25, -0.2) is 0 Å². The maximum absolute atomic E-state index is 9.85. The number of aryl methyl sites for hydroxylation is 1. The van der Waals surface area contributed by atoms with Crippen LogP contribution in [0.25, 0.3) is 0 Å². The standard InChI is InChI=1S/C9H14N2O2/c1-6-4-11(5-6)9(12)8-3-10-13-7(8)2/h3,6,9,12H,4-5H2,1-2H3. The highest BCUT2D eigenvalue weighted by molar-refractivity contribution is 5.15. The first-order valence-corrected chi connectivity index (χ1v) is 4.51. The van der Waals surface area contributed by atoms with E-state index in [0.717, 1.165) is 18.7 Å². The molecule has 0 amide bonds. The zero-order valence-electron chi connectivity index (χ0n) is 7.90. The van der Waals surface area contributed by atoms with E-state index in [1.807, 2.05) is 11.8 Å². The smallest absolute Gasteiger partial charge is 0.140 e. The first kappa shape index (κ1) is 8.72. The molecule has 1 atom stereocenters. The van der Waals surface area contributed by atoms with Gasteiger partial charge in [0.05, 0.1) is 11.8 Å². The molecule has 13 heavy (non-hydrogen) atoms. The fraction of sp³-hybridized carbons (Fsp3) is 0.667. The SMILES string of the molecule is Cc1oncc1C(O)N1CC(C)C1. The van der Waals surface area contributed by atoms with Gasteiger partial charge >= 0.3 is 0 Å². The topological polar surface area (TPSA) is 49.5 Å². The van der Waals surface area contributed by atoms with Crippen molar-refractivity contribution in [1.29, 1.82) is 0 Å². The molecule has 72 valence electrons. The molecule has 1 N–H and O–H groups in total. The van der Waals surface area contributed by atoms with E-state index >= 15 is 0 Å². The lowest BCUT2D eigenvalue weighted by atomic mass is 10.0. The third-order valence-electron chi connectivity index (χ3n) is 2.50. The van der Waals surface area contributed by atoms with Crippen LogP contribution in [-0.4, -0.2) is 28.3 Å². The van der Waals surface area contributed by atoms with E-state index in [0.29, 0.717) is 11.7 Å². The number of aromatic nitrogens is 1. The Bertz CT molecular complexity index is 292. The van der Waals surface area contributed by atoms with E-state index in [-0.39, 0.29) is 0 Å². The summed E-state index contributed by atoms with van der Waals surface area (Å²) >= 11 is 0. The van der Waals surface area contributed by atoms with Crippen molar-refractivity contribution < 1.29 is 9.63 Å². The molecule has 0 bridgehead atoms. The van der Waals surface area contributed by atoms with Crippen LogP contribution in [0.2, 0.25) is 0 Å². The lowest BCUT2D eigenvalue weighted by Gasteiger charge is -2.40. The molecular formula is C9H14N2O2. The Kier molecular flexibility index (Phi) is 2.09. The van der Waals surface area contributed by atoms with Crippen LogP contribution in [0.5, 0.6) is 0 Å². The maximum Gasteiger partial charge on any atom is 0.140 e. The molecule has 4 heteroatoms. The minimum absolute atomic E-state index is 0.539. The number of rotatable bonds is 2. The summed E-state index contributed by atoms with van der Waals surface area (Å²) in [5, 5.41) is 13.5. The second-order valence-corrected chi connectivity index (χ2v) is 3.77. The van der Waals surface area contributed by atoms with Gasteiger partial charge < -0.3 is 9.63 Å². The van der Waals surface area contributed by atoms with Crippen molar-refractivity contribution >= 4 is 0 Å². The van der Waals surface area contributed by atoms with Crippen molar-refractivity contribution in [2.45, 2.75) is 20.1 Å². The van der Waals surface area contributed by atoms with Gasteiger partial charge in [-0.1, -0.05) is 12.1 Å². The van der Waals surface area contributed by atoms with E-state index < -0.39 is 6.23 Å². The first-order valence-electron chi connectivity index (χ1n) is 4.51. The van der Waals surface area contributed by atoms with E-state index in [1.54, 1.807) is 6.20 Å². The molecule has 4 nitrogen and oxygen atoms in total. The monoisotopic (exact) mass is 182 g/mol. The van der Waals surface area contributed by atoms with Crippen LogP contribution < -0.4 is 0 Å². The van der Waals surface area contributed by atoms with Crippen molar-refractivity contribution in [3.63, 3.8) is 0 Å². The molecule has 0 aliphatic carbocycles. The molecule has 1 aliphatic rings. The van der Waals surface area contributed by atoms with E-state index in [2.05, 4.69) is 12.1 Å². The average molecular weight is 182 g/mol. The number of likely N-dealkylation sites (tertiary alicyclic amines) is 1. The number of hydrogen-bond donors (Lipinski definition) is 1. The Hall–Kier alpha value is -0.870. The molecule has 1 unspecified atom stereocenters. The van der Waals surface area contributed by atoms with Crippen LogP contribution >= 0.6 is 0 Å². The van der Waals surface area contributed by atoms with Crippen molar-refractivity contribution in [2.24, 2.45) is 5.92 Å². The summed E-state index contributed by atoms with van der Waals surface area (Å²) in [5.74, 6) is 1.39. The van der Waals surface area contributed by atoms with Gasteiger partial charge in [-0.05, 0) is 12.8 Å². The highest BCUT2D eigenvalue weighted by Gasteiger charge is 2.30. The van der Waals surface area contributed by atoms with Gasteiger partial charge in [-0.3, -0.25) is 4.90 Å². The summed E-state index contributed by atoms with van der Waals surface area (Å²) in [7, 11) is 0. The molecule has 1 saturated heterocycles. The van der Waals surface area contributed by atoms with Crippen LogP contribution in [0.1, 0.15) is 24.5 Å². The molecule has 1 aromatic rings. The van der Waals surface area contributed by atoms with Gasteiger partial charge in [-0.2, -0.15) is 0 Å². The largest absolute Gasteiger partial charge is 0.374 e. The molecule has 0 saturated carbocycles. The second kappa shape index (κ2) is 3.12. The summed E-state index contributed by atoms with van der Waals surface area (Å²) in [6.45, 7) is 5.88. The van der Waals surface area contributed by atoms with Gasteiger partial charge in [-0.15, -0.1) is 0 Å². The molecule has 2 heterocycles. The molecule has 1 fully saturated rings. The molecular weight excluding hydrogens is 168 g/mol. The predicted molar refractivity (Wildman–Crippen MR) is 46.9 cm³/mol. The Morgan fingerprint density at radius 2 is 2.38 bits per heavy atom. The number of aliphatic hydroxyl groups is 1. The average Bonchev–Trinajstić information content (AvgIpc) is 2.44. The Balaban J connectivity index is 2.05. The number of hydrogen-bond acceptors (Lipinski definition) is 4. The minimum Gasteiger partial charge on any atom is -0.374 e. The Labute approximate surface area is 77.1 Å². The third-order valence-corrected chi connectivity index (χ3v) is 2.50. The summed E-state index contributed by atoms with van der Waals surface area (Å²) in [6.07, 6.45) is 1.05. The summed E-state index contributed by atoms with van der Waals surface area (Å²) in [6, 6.07) is 0. The van der Waals surface area contributed by atoms with Gasteiger partial charge in [0.25, 0.3) is 0 Å². The van der Waals surface area contributed by atoms with E-state index in [9.17, 15) is 5.11 Å². The van der Waals surface area contributed by atoms with Crippen LogP contribution in [0.15, 0.2) is 10.7 Å². The Morgan fingerprint density at radius 3 is 2.85 bits per heavy atom. The zero-order chi connectivity index (χ0) is 9.42. The van der Waals surface area contributed by atoms with Crippen LogP contribution in [0.3, 0.4) is 0 Å². The van der Waals surface area contributed by atoms with E-state index in [4.69, 9.17) is 4.52 Å². The number of aliphatic hydroxyl groups excluding tert-OH is 1. The summed E-state index contributed by atoms with van der Waals surface area (Å²) in [5.41, 5.74) is 0.784. The lowest BCUT2D eigenvalue weighted by Crippen LogP contribution is -2.47. The van der Waals surface area contributed by atoms with Gasteiger partial charge in [0.15, 0.2) is 0 Å².